The molecule has 182 valence electrons. The van der Waals surface area contributed by atoms with Gasteiger partial charge in [0, 0.05) is 40.5 Å². The third-order valence-electron chi connectivity index (χ3n) is 6.20. The lowest BCUT2D eigenvalue weighted by molar-refractivity contribution is -0.116. The van der Waals surface area contributed by atoms with E-state index in [1.807, 2.05) is 12.1 Å². The Labute approximate surface area is 204 Å². The van der Waals surface area contributed by atoms with Crippen molar-refractivity contribution in [2.75, 3.05) is 12.4 Å². The van der Waals surface area contributed by atoms with Crippen molar-refractivity contribution in [3.8, 4) is 5.75 Å². The van der Waals surface area contributed by atoms with E-state index in [2.05, 4.69) is 37.5 Å². The average molecular weight is 463 g/mol. The molecule has 0 saturated carbocycles. The fourth-order valence-electron chi connectivity index (χ4n) is 4.38. The van der Waals surface area contributed by atoms with Crippen molar-refractivity contribution in [1.29, 1.82) is 0 Å². The van der Waals surface area contributed by atoms with E-state index in [-0.39, 0.29) is 17.2 Å². The van der Waals surface area contributed by atoms with Crippen LogP contribution in [0.1, 0.15) is 87.2 Å². The van der Waals surface area contributed by atoms with E-state index in [1.54, 1.807) is 37.5 Å². The Hall–Kier alpha value is -3.08. The van der Waals surface area contributed by atoms with Gasteiger partial charge in [-0.1, -0.05) is 45.1 Å². The Morgan fingerprint density at radius 3 is 2.44 bits per heavy atom. The Morgan fingerprint density at radius 1 is 1.03 bits per heavy atom. The summed E-state index contributed by atoms with van der Waals surface area (Å²) in [4.78, 5) is 25.2. The largest absolute Gasteiger partial charge is 0.497 e. The topological polar surface area (TPSA) is 67.4 Å². The molecule has 3 rings (SSSR count). The number of carbonyl (C=O) groups excluding carboxylic acids is 2. The molecule has 0 bridgehead atoms. The molecule has 0 fully saturated rings. The van der Waals surface area contributed by atoms with Crippen LogP contribution in [0.25, 0.3) is 5.70 Å². The molecule has 0 unspecified atom stereocenters. The molecule has 1 aliphatic heterocycles. The first kappa shape index (κ1) is 25.5. The number of ether oxygens (including phenoxy) is 1. The summed E-state index contributed by atoms with van der Waals surface area (Å²) in [6.07, 6.45) is 9.99. The predicted octanol–water partition coefficient (Wildman–Crippen LogP) is 6.53. The number of methoxy groups -OCH3 is 1. The van der Waals surface area contributed by atoms with Gasteiger partial charge in [-0.3, -0.25) is 9.59 Å². The Bertz CT molecular complexity index is 1020. The van der Waals surface area contributed by atoms with Crippen molar-refractivity contribution in [2.45, 2.75) is 77.7 Å². The number of hydrogen-bond donors (Lipinski definition) is 2. The van der Waals surface area contributed by atoms with Gasteiger partial charge in [-0.15, -0.1) is 0 Å². The molecule has 1 heterocycles. The van der Waals surface area contributed by atoms with Crippen LogP contribution in [-0.2, 0) is 11.2 Å². The maximum absolute atomic E-state index is 13.0. The van der Waals surface area contributed by atoms with E-state index in [0.717, 1.165) is 36.3 Å². The second-order valence-corrected chi connectivity index (χ2v) is 9.77. The van der Waals surface area contributed by atoms with E-state index in [0.29, 0.717) is 17.7 Å². The lowest BCUT2D eigenvalue weighted by Crippen LogP contribution is -2.43. The lowest BCUT2D eigenvalue weighted by Gasteiger charge is -2.35. The third-order valence-corrected chi connectivity index (χ3v) is 6.20. The van der Waals surface area contributed by atoms with E-state index in [1.165, 1.54) is 31.2 Å². The van der Waals surface area contributed by atoms with Crippen LogP contribution in [0.4, 0.5) is 5.69 Å². The number of rotatable bonds is 11. The molecule has 2 aromatic carbocycles. The summed E-state index contributed by atoms with van der Waals surface area (Å²) in [6, 6.07) is 13.1. The van der Waals surface area contributed by atoms with Crippen LogP contribution in [0.2, 0.25) is 0 Å². The summed E-state index contributed by atoms with van der Waals surface area (Å²) >= 11 is 0. The molecule has 5 heteroatoms. The molecule has 0 aliphatic carbocycles. The van der Waals surface area contributed by atoms with Crippen LogP contribution in [-0.4, -0.2) is 24.3 Å². The molecule has 34 heavy (non-hydrogen) atoms. The molecule has 0 saturated heterocycles. The molecule has 2 aromatic rings. The lowest BCUT2D eigenvalue weighted by atomic mass is 9.85. The van der Waals surface area contributed by atoms with Gasteiger partial charge in [0.15, 0.2) is 5.78 Å². The molecule has 0 spiro atoms. The summed E-state index contributed by atoms with van der Waals surface area (Å²) in [6.45, 7) is 6.45. The van der Waals surface area contributed by atoms with Crippen molar-refractivity contribution >= 4 is 23.1 Å². The van der Waals surface area contributed by atoms with Crippen molar-refractivity contribution in [3.63, 3.8) is 0 Å². The number of hydrogen-bond acceptors (Lipinski definition) is 4. The fourth-order valence-corrected chi connectivity index (χ4v) is 4.38. The van der Waals surface area contributed by atoms with Crippen LogP contribution >= 0.6 is 0 Å². The zero-order valence-corrected chi connectivity index (χ0v) is 21.0. The van der Waals surface area contributed by atoms with E-state index < -0.39 is 0 Å². The normalized spacial score (nSPS) is 15.4. The Morgan fingerprint density at radius 2 is 1.74 bits per heavy atom. The SMILES string of the molecule is CCCCCCCCC(=O)Nc1ccc(C(=O)/C=C2\NC(C)(C)Cc3ccc(OC)cc32)cc1. The van der Waals surface area contributed by atoms with Crippen molar-refractivity contribution in [2.24, 2.45) is 0 Å². The molecular formula is C29H38N2O3. The number of carbonyl (C=O) groups is 2. The van der Waals surface area contributed by atoms with Crippen LogP contribution < -0.4 is 15.4 Å². The highest BCUT2D eigenvalue weighted by Crippen LogP contribution is 2.32. The number of anilines is 1. The van der Waals surface area contributed by atoms with Crippen LogP contribution in [0.15, 0.2) is 48.5 Å². The molecular weight excluding hydrogens is 424 g/mol. The minimum absolute atomic E-state index is 0.0240. The number of fused-ring (bicyclic) bond motifs is 1. The number of benzene rings is 2. The Kier molecular flexibility index (Phi) is 8.91. The number of allylic oxidation sites excluding steroid dienone is 1. The molecule has 2 N–H and O–H groups in total. The molecule has 5 nitrogen and oxygen atoms in total. The van der Waals surface area contributed by atoms with Gasteiger partial charge < -0.3 is 15.4 Å². The van der Waals surface area contributed by atoms with E-state index >= 15 is 0 Å². The second kappa shape index (κ2) is 11.9. The van der Waals surface area contributed by atoms with Gasteiger partial charge in [-0.25, -0.2) is 0 Å². The van der Waals surface area contributed by atoms with Gasteiger partial charge in [-0.2, -0.15) is 0 Å². The van der Waals surface area contributed by atoms with Gasteiger partial charge in [0.25, 0.3) is 0 Å². The monoisotopic (exact) mass is 462 g/mol. The summed E-state index contributed by atoms with van der Waals surface area (Å²) < 4.78 is 5.39. The molecule has 0 aromatic heterocycles. The first-order valence-corrected chi connectivity index (χ1v) is 12.4. The van der Waals surface area contributed by atoms with Gasteiger partial charge in [0.2, 0.25) is 5.91 Å². The third kappa shape index (κ3) is 7.21. The minimum atomic E-state index is -0.155. The number of ketones is 1. The van der Waals surface area contributed by atoms with Gasteiger partial charge in [0.05, 0.1) is 7.11 Å². The molecule has 0 radical (unpaired) electrons. The van der Waals surface area contributed by atoms with Crippen molar-refractivity contribution in [3.05, 3.63) is 65.2 Å². The number of amides is 1. The Balaban J connectivity index is 1.63. The smallest absolute Gasteiger partial charge is 0.224 e. The van der Waals surface area contributed by atoms with Gasteiger partial charge in [0.1, 0.15) is 5.75 Å². The van der Waals surface area contributed by atoms with E-state index in [9.17, 15) is 9.59 Å². The molecule has 1 amide bonds. The highest BCUT2D eigenvalue weighted by atomic mass is 16.5. The second-order valence-electron chi connectivity index (χ2n) is 9.77. The predicted molar refractivity (Wildman–Crippen MR) is 139 cm³/mol. The quantitative estimate of drug-likeness (QED) is 0.226. The molecule has 0 atom stereocenters. The van der Waals surface area contributed by atoms with Gasteiger partial charge >= 0.3 is 0 Å². The maximum Gasteiger partial charge on any atom is 0.224 e. The summed E-state index contributed by atoms with van der Waals surface area (Å²) in [5.41, 5.74) is 4.12. The number of unbranched alkanes of at least 4 members (excludes halogenated alkanes) is 5. The maximum atomic E-state index is 13.0. The standard InChI is InChI=1S/C29H38N2O3/c1-5-6-7-8-9-10-11-28(33)30-23-15-12-21(13-16-23)27(32)19-26-25-18-24(34-4)17-14-22(25)20-29(2,3)31-26/h12-19,31H,5-11,20H2,1-4H3,(H,30,33)/b26-19-. The van der Waals surface area contributed by atoms with Crippen molar-refractivity contribution in [1.82, 2.24) is 5.32 Å². The fraction of sp³-hybridized carbons (Fsp3) is 0.448. The van der Waals surface area contributed by atoms with Crippen LogP contribution in [0.5, 0.6) is 5.75 Å². The zero-order valence-electron chi connectivity index (χ0n) is 21.0. The van der Waals surface area contributed by atoms with E-state index in [4.69, 9.17) is 4.74 Å². The highest BCUT2D eigenvalue weighted by molar-refractivity contribution is 6.09. The summed E-state index contributed by atoms with van der Waals surface area (Å²) in [5, 5.41) is 6.44. The summed E-state index contributed by atoms with van der Waals surface area (Å²) in [7, 11) is 1.64. The van der Waals surface area contributed by atoms with Gasteiger partial charge in [-0.05, 0) is 68.7 Å². The average Bonchev–Trinajstić information content (AvgIpc) is 2.81. The van der Waals surface area contributed by atoms with Crippen LogP contribution in [0, 0.1) is 0 Å². The first-order chi connectivity index (χ1) is 16.3. The first-order valence-electron chi connectivity index (χ1n) is 12.4. The highest BCUT2D eigenvalue weighted by Gasteiger charge is 2.28. The number of nitrogens with one attached hydrogen (secondary N) is 2. The molecule has 1 aliphatic rings. The summed E-state index contributed by atoms with van der Waals surface area (Å²) in [5.74, 6) is 0.703. The minimum Gasteiger partial charge on any atom is -0.497 e. The van der Waals surface area contributed by atoms with Crippen molar-refractivity contribution < 1.29 is 14.3 Å². The van der Waals surface area contributed by atoms with Crippen LogP contribution in [0.3, 0.4) is 0 Å². The zero-order chi connectivity index (χ0) is 24.6.